The molecule has 186 valence electrons. The molecule has 1 saturated heterocycles. The number of rotatable bonds is 9. The van der Waals surface area contributed by atoms with Gasteiger partial charge in [-0.3, -0.25) is 4.79 Å². The van der Waals surface area contributed by atoms with Crippen LogP contribution in [-0.4, -0.2) is 53.3 Å². The Morgan fingerprint density at radius 2 is 1.71 bits per heavy atom. The number of carbonyl (C=O) groups is 1. The van der Waals surface area contributed by atoms with Gasteiger partial charge in [-0.1, -0.05) is 30.2 Å². The van der Waals surface area contributed by atoms with E-state index in [9.17, 15) is 21.6 Å². The quantitative estimate of drug-likeness (QED) is 0.514. The second-order valence-corrected chi connectivity index (χ2v) is 12.0. The molecule has 0 bridgehead atoms. The minimum absolute atomic E-state index is 0.101. The van der Waals surface area contributed by atoms with Crippen molar-refractivity contribution in [2.45, 2.75) is 48.6 Å². The van der Waals surface area contributed by atoms with Crippen LogP contribution >= 0.6 is 11.6 Å². The van der Waals surface area contributed by atoms with Crippen LogP contribution in [0.3, 0.4) is 0 Å². The fourth-order valence-electron chi connectivity index (χ4n) is 3.59. The molecular weight excluding hydrogens is 502 g/mol. The average Bonchev–Trinajstić information content (AvgIpc) is 2.83. The molecule has 1 unspecified atom stereocenters. The van der Waals surface area contributed by atoms with Crippen LogP contribution in [0.15, 0.2) is 52.3 Å². The van der Waals surface area contributed by atoms with Crippen molar-refractivity contribution < 1.29 is 26.4 Å². The van der Waals surface area contributed by atoms with Crippen molar-refractivity contribution in [2.75, 3.05) is 20.2 Å². The van der Waals surface area contributed by atoms with Gasteiger partial charge < -0.3 is 10.1 Å². The minimum Gasteiger partial charge on any atom is -0.495 e. The van der Waals surface area contributed by atoms with E-state index in [1.54, 1.807) is 12.1 Å². The highest BCUT2D eigenvalue weighted by molar-refractivity contribution is 7.89. The summed E-state index contributed by atoms with van der Waals surface area (Å²) in [7, 11) is -6.27. The molecule has 1 fully saturated rings. The first-order valence-corrected chi connectivity index (χ1v) is 14.1. The molecular formula is C22H28ClN3O6S2. The molecule has 0 aliphatic carbocycles. The zero-order valence-electron chi connectivity index (χ0n) is 19.0. The normalized spacial score (nSPS) is 16.1. The molecule has 0 radical (unpaired) electrons. The van der Waals surface area contributed by atoms with Gasteiger partial charge in [0.05, 0.1) is 18.0 Å². The van der Waals surface area contributed by atoms with E-state index in [1.165, 1.54) is 48.7 Å². The van der Waals surface area contributed by atoms with Gasteiger partial charge in [0.2, 0.25) is 26.0 Å². The second-order valence-electron chi connectivity index (χ2n) is 7.96. The Kier molecular flexibility index (Phi) is 8.58. The van der Waals surface area contributed by atoms with Gasteiger partial charge >= 0.3 is 0 Å². The Balaban J connectivity index is 1.60. The van der Waals surface area contributed by atoms with Crippen molar-refractivity contribution in [3.05, 3.63) is 53.1 Å². The number of benzene rings is 2. The molecule has 0 saturated carbocycles. The molecule has 2 aromatic rings. The van der Waals surface area contributed by atoms with Gasteiger partial charge in [0, 0.05) is 24.7 Å². The molecule has 9 nitrogen and oxygen atoms in total. The summed E-state index contributed by atoms with van der Waals surface area (Å²) in [6, 6.07) is 9.38. The molecule has 2 N–H and O–H groups in total. The van der Waals surface area contributed by atoms with Gasteiger partial charge in [-0.2, -0.15) is 9.03 Å². The number of carbonyl (C=O) groups excluding carboxylic acids is 1. The van der Waals surface area contributed by atoms with Crippen LogP contribution in [-0.2, 0) is 31.4 Å². The maximum atomic E-state index is 12.7. The third-order valence-electron chi connectivity index (χ3n) is 5.48. The van der Waals surface area contributed by atoms with Crippen LogP contribution in [0.2, 0.25) is 5.02 Å². The van der Waals surface area contributed by atoms with E-state index in [2.05, 4.69) is 10.0 Å². The first kappa shape index (κ1) is 26.4. The lowest BCUT2D eigenvalue weighted by atomic mass is 10.2. The molecule has 0 aromatic heterocycles. The smallest absolute Gasteiger partial charge is 0.245 e. The summed E-state index contributed by atoms with van der Waals surface area (Å²) in [4.78, 5) is 12.5. The predicted molar refractivity (Wildman–Crippen MR) is 129 cm³/mol. The van der Waals surface area contributed by atoms with Gasteiger partial charge in [0.15, 0.2) is 0 Å². The minimum atomic E-state index is -4.08. The van der Waals surface area contributed by atoms with E-state index < -0.39 is 32.0 Å². The summed E-state index contributed by atoms with van der Waals surface area (Å²) in [5.41, 5.74) is 0.678. The average molecular weight is 530 g/mol. The highest BCUT2D eigenvalue weighted by atomic mass is 35.5. The molecule has 1 aliphatic rings. The van der Waals surface area contributed by atoms with Crippen LogP contribution in [0.4, 0.5) is 0 Å². The van der Waals surface area contributed by atoms with Gasteiger partial charge in [-0.05, 0) is 55.7 Å². The Morgan fingerprint density at radius 1 is 1.06 bits per heavy atom. The summed E-state index contributed by atoms with van der Waals surface area (Å²) >= 11 is 5.91. The number of piperidine rings is 1. The molecule has 34 heavy (non-hydrogen) atoms. The number of hydrogen-bond acceptors (Lipinski definition) is 6. The Labute approximate surface area is 205 Å². The molecule has 1 heterocycles. The fraction of sp³-hybridized carbons (Fsp3) is 0.409. The van der Waals surface area contributed by atoms with Crippen LogP contribution in [0.1, 0.15) is 31.7 Å². The SMILES string of the molecule is COc1ccc(Cl)cc1S(=O)(=O)NC(C)C(=O)NCc1ccc(S(=O)(=O)N2CCCCC2)cc1. The lowest BCUT2D eigenvalue weighted by Gasteiger charge is -2.25. The Bertz CT molecular complexity index is 1230. The third-order valence-corrected chi connectivity index (χ3v) is 9.19. The van der Waals surface area contributed by atoms with E-state index in [0.717, 1.165) is 19.3 Å². The lowest BCUT2D eigenvalue weighted by molar-refractivity contribution is -0.122. The highest BCUT2D eigenvalue weighted by Gasteiger charge is 2.27. The van der Waals surface area contributed by atoms with Crippen molar-refractivity contribution in [1.29, 1.82) is 0 Å². The first-order chi connectivity index (χ1) is 16.0. The molecule has 0 spiro atoms. The number of halogens is 1. The molecule has 12 heteroatoms. The zero-order chi connectivity index (χ0) is 24.9. The number of nitrogens with zero attached hydrogens (tertiary/aromatic N) is 1. The molecule has 3 rings (SSSR count). The first-order valence-electron chi connectivity index (χ1n) is 10.8. The summed E-state index contributed by atoms with van der Waals surface area (Å²) in [5, 5.41) is 2.86. The van der Waals surface area contributed by atoms with Crippen LogP contribution in [0.5, 0.6) is 5.75 Å². The van der Waals surface area contributed by atoms with E-state index >= 15 is 0 Å². The molecule has 1 atom stereocenters. The number of amides is 1. The van der Waals surface area contributed by atoms with Crippen molar-refractivity contribution in [3.63, 3.8) is 0 Å². The van der Waals surface area contributed by atoms with Crippen molar-refractivity contribution in [1.82, 2.24) is 14.3 Å². The van der Waals surface area contributed by atoms with Crippen LogP contribution < -0.4 is 14.8 Å². The van der Waals surface area contributed by atoms with E-state index in [0.29, 0.717) is 18.7 Å². The summed E-state index contributed by atoms with van der Waals surface area (Å²) < 4.78 is 59.8. The molecule has 1 aliphatic heterocycles. The second kappa shape index (κ2) is 11.0. The maximum absolute atomic E-state index is 12.7. The van der Waals surface area contributed by atoms with Crippen molar-refractivity contribution >= 4 is 37.6 Å². The van der Waals surface area contributed by atoms with Crippen LogP contribution in [0.25, 0.3) is 0 Å². The summed E-state index contributed by atoms with van der Waals surface area (Å²) in [5.74, 6) is -0.446. The Hall–Kier alpha value is -2.18. The number of nitrogens with one attached hydrogen (secondary N) is 2. The number of sulfonamides is 2. The number of ether oxygens (including phenoxy) is 1. The van der Waals surface area contributed by atoms with Gasteiger partial charge in [0.25, 0.3) is 0 Å². The standard InChI is InChI=1S/C22H28ClN3O6S2/c1-16(25-33(28,29)21-14-18(23)8-11-20(21)32-2)22(27)24-15-17-6-9-19(10-7-17)34(30,31)26-12-4-3-5-13-26/h6-11,14,16,25H,3-5,12-13,15H2,1-2H3,(H,24,27). The maximum Gasteiger partial charge on any atom is 0.245 e. The van der Waals surface area contributed by atoms with Gasteiger partial charge in [-0.25, -0.2) is 16.8 Å². The van der Waals surface area contributed by atoms with Crippen LogP contribution in [0, 0.1) is 0 Å². The van der Waals surface area contributed by atoms with E-state index in [-0.39, 0.29) is 27.1 Å². The lowest BCUT2D eigenvalue weighted by Crippen LogP contribution is -2.44. The largest absolute Gasteiger partial charge is 0.495 e. The number of methoxy groups -OCH3 is 1. The van der Waals surface area contributed by atoms with Gasteiger partial charge in [-0.15, -0.1) is 0 Å². The van der Waals surface area contributed by atoms with Crippen molar-refractivity contribution in [2.24, 2.45) is 0 Å². The summed E-state index contributed by atoms with van der Waals surface area (Å²) in [6.45, 7) is 2.57. The molecule has 2 aromatic carbocycles. The van der Waals surface area contributed by atoms with Gasteiger partial charge in [0.1, 0.15) is 10.6 Å². The van der Waals surface area contributed by atoms with Crippen molar-refractivity contribution in [3.8, 4) is 5.75 Å². The monoisotopic (exact) mass is 529 g/mol. The van der Waals surface area contributed by atoms with E-state index in [4.69, 9.17) is 16.3 Å². The summed E-state index contributed by atoms with van der Waals surface area (Å²) in [6.07, 6.45) is 2.75. The predicted octanol–water partition coefficient (Wildman–Crippen LogP) is 2.51. The zero-order valence-corrected chi connectivity index (χ0v) is 21.3. The molecule has 1 amide bonds. The highest BCUT2D eigenvalue weighted by Crippen LogP contribution is 2.27. The number of hydrogen-bond donors (Lipinski definition) is 2. The van der Waals surface area contributed by atoms with E-state index in [1.807, 2.05) is 0 Å². The topological polar surface area (TPSA) is 122 Å². The fourth-order valence-corrected chi connectivity index (χ4v) is 6.74. The Morgan fingerprint density at radius 3 is 2.32 bits per heavy atom. The third kappa shape index (κ3) is 6.28.